The molecule has 98 valence electrons. The molecule has 18 heavy (non-hydrogen) atoms. The third kappa shape index (κ3) is 2.93. The molecular formula is C9H4F5NO3. The van der Waals surface area contributed by atoms with Crippen molar-refractivity contribution in [3.05, 3.63) is 29.3 Å². The maximum absolute atomic E-state index is 12.8. The standard InChI is InChI=1S/C9H4F5NO3/c10-4-1-3(7(16)17)6(2-5(4)11)15-8(18)9(12,13)14/h1-2H,(H,15,18)(H,16,17). The topological polar surface area (TPSA) is 66.4 Å². The van der Waals surface area contributed by atoms with E-state index in [2.05, 4.69) is 0 Å². The first kappa shape index (κ1) is 13.9. The number of hydrogen-bond acceptors (Lipinski definition) is 2. The van der Waals surface area contributed by atoms with Crippen molar-refractivity contribution in [1.29, 1.82) is 0 Å². The number of alkyl halides is 3. The molecule has 0 spiro atoms. The smallest absolute Gasteiger partial charge is 0.471 e. The van der Waals surface area contributed by atoms with Gasteiger partial charge in [-0.25, -0.2) is 13.6 Å². The number of rotatable bonds is 2. The Hall–Kier alpha value is -2.19. The van der Waals surface area contributed by atoms with Gasteiger partial charge < -0.3 is 10.4 Å². The Morgan fingerprint density at radius 3 is 2.06 bits per heavy atom. The molecule has 0 aliphatic rings. The third-order valence-corrected chi connectivity index (χ3v) is 1.80. The SMILES string of the molecule is O=C(O)c1cc(F)c(F)cc1NC(=O)C(F)(F)F. The first-order valence-electron chi connectivity index (χ1n) is 4.23. The average molecular weight is 269 g/mol. The molecule has 0 aromatic heterocycles. The molecule has 4 nitrogen and oxygen atoms in total. The van der Waals surface area contributed by atoms with Gasteiger partial charge in [0, 0.05) is 6.07 Å². The molecule has 0 saturated carbocycles. The van der Waals surface area contributed by atoms with E-state index < -0.39 is 40.9 Å². The summed E-state index contributed by atoms with van der Waals surface area (Å²) in [5, 5.41) is 9.72. The van der Waals surface area contributed by atoms with Gasteiger partial charge in [-0.15, -0.1) is 0 Å². The number of carbonyl (C=O) groups excluding carboxylic acids is 1. The van der Waals surface area contributed by atoms with Crippen LogP contribution in [0.5, 0.6) is 0 Å². The zero-order valence-corrected chi connectivity index (χ0v) is 8.31. The number of carbonyl (C=O) groups is 2. The number of carboxylic acids is 1. The molecule has 0 radical (unpaired) electrons. The van der Waals surface area contributed by atoms with E-state index in [1.165, 1.54) is 0 Å². The van der Waals surface area contributed by atoms with Gasteiger partial charge in [-0.2, -0.15) is 13.2 Å². The van der Waals surface area contributed by atoms with Crippen LogP contribution in [0.3, 0.4) is 0 Å². The summed E-state index contributed by atoms with van der Waals surface area (Å²) in [6.07, 6.45) is -5.28. The molecular weight excluding hydrogens is 265 g/mol. The summed E-state index contributed by atoms with van der Waals surface area (Å²) < 4.78 is 61.2. The molecule has 1 aromatic carbocycles. The summed E-state index contributed by atoms with van der Waals surface area (Å²) in [6.45, 7) is 0. The van der Waals surface area contributed by atoms with Crippen LogP contribution >= 0.6 is 0 Å². The minimum absolute atomic E-state index is 0.155. The lowest BCUT2D eigenvalue weighted by Crippen LogP contribution is -2.30. The maximum Gasteiger partial charge on any atom is 0.471 e. The Kier molecular flexibility index (Phi) is 3.54. The maximum atomic E-state index is 12.8. The van der Waals surface area contributed by atoms with Crippen molar-refractivity contribution in [2.45, 2.75) is 6.18 Å². The van der Waals surface area contributed by atoms with Crippen LogP contribution in [0, 0.1) is 11.6 Å². The zero-order chi connectivity index (χ0) is 14.1. The first-order chi connectivity index (χ1) is 8.12. The number of hydrogen-bond donors (Lipinski definition) is 2. The molecule has 0 aliphatic heterocycles. The van der Waals surface area contributed by atoms with E-state index in [1.54, 1.807) is 0 Å². The van der Waals surface area contributed by atoms with Crippen LogP contribution in [0.25, 0.3) is 0 Å². The van der Waals surface area contributed by atoms with Crippen LogP contribution < -0.4 is 5.32 Å². The van der Waals surface area contributed by atoms with Crippen LogP contribution in [-0.4, -0.2) is 23.2 Å². The van der Waals surface area contributed by atoms with Gasteiger partial charge in [0.15, 0.2) is 11.6 Å². The summed E-state index contributed by atoms with van der Waals surface area (Å²) >= 11 is 0. The van der Waals surface area contributed by atoms with E-state index >= 15 is 0 Å². The summed E-state index contributed by atoms with van der Waals surface area (Å²) in [6, 6.07) is 0.325. The molecule has 0 unspecified atom stereocenters. The Morgan fingerprint density at radius 1 is 1.11 bits per heavy atom. The van der Waals surface area contributed by atoms with Crippen LogP contribution in [0.4, 0.5) is 27.6 Å². The molecule has 0 saturated heterocycles. The van der Waals surface area contributed by atoms with Gasteiger partial charge in [0.05, 0.1) is 11.3 Å². The van der Waals surface area contributed by atoms with E-state index in [-0.39, 0.29) is 12.1 Å². The van der Waals surface area contributed by atoms with Gasteiger partial charge in [0.2, 0.25) is 0 Å². The van der Waals surface area contributed by atoms with Crippen molar-refractivity contribution in [3.63, 3.8) is 0 Å². The number of aromatic carboxylic acids is 1. The normalized spacial score (nSPS) is 11.2. The monoisotopic (exact) mass is 269 g/mol. The van der Waals surface area contributed by atoms with Crippen LogP contribution in [0.15, 0.2) is 12.1 Å². The van der Waals surface area contributed by atoms with Crippen LogP contribution in [-0.2, 0) is 4.79 Å². The van der Waals surface area contributed by atoms with Crippen molar-refractivity contribution in [2.75, 3.05) is 5.32 Å². The van der Waals surface area contributed by atoms with E-state index in [9.17, 15) is 31.5 Å². The largest absolute Gasteiger partial charge is 0.478 e. The Morgan fingerprint density at radius 2 is 1.61 bits per heavy atom. The van der Waals surface area contributed by atoms with Crippen molar-refractivity contribution in [1.82, 2.24) is 0 Å². The number of anilines is 1. The van der Waals surface area contributed by atoms with Crippen molar-refractivity contribution >= 4 is 17.6 Å². The fourth-order valence-corrected chi connectivity index (χ4v) is 1.02. The summed E-state index contributed by atoms with van der Waals surface area (Å²) in [5.74, 6) is -7.45. The van der Waals surface area contributed by atoms with Crippen molar-refractivity contribution in [3.8, 4) is 0 Å². The molecule has 0 aliphatic carbocycles. The second-order valence-electron chi connectivity index (χ2n) is 3.07. The average Bonchev–Trinajstić information content (AvgIpc) is 2.21. The minimum atomic E-state index is -5.28. The highest BCUT2D eigenvalue weighted by molar-refractivity contribution is 6.02. The van der Waals surface area contributed by atoms with Gasteiger partial charge >= 0.3 is 18.1 Å². The third-order valence-electron chi connectivity index (χ3n) is 1.80. The highest BCUT2D eigenvalue weighted by Crippen LogP contribution is 2.23. The lowest BCUT2D eigenvalue weighted by Gasteiger charge is -2.10. The van der Waals surface area contributed by atoms with Crippen LogP contribution in [0.1, 0.15) is 10.4 Å². The van der Waals surface area contributed by atoms with E-state index in [4.69, 9.17) is 5.11 Å². The number of benzene rings is 1. The second-order valence-corrected chi connectivity index (χ2v) is 3.07. The van der Waals surface area contributed by atoms with Crippen molar-refractivity contribution < 1.29 is 36.6 Å². The molecule has 1 rings (SSSR count). The fraction of sp³-hybridized carbons (Fsp3) is 0.111. The summed E-state index contributed by atoms with van der Waals surface area (Å²) in [4.78, 5) is 21.2. The molecule has 1 amide bonds. The fourth-order valence-electron chi connectivity index (χ4n) is 1.02. The van der Waals surface area contributed by atoms with E-state index in [0.717, 1.165) is 5.32 Å². The van der Waals surface area contributed by atoms with Gasteiger partial charge in [-0.1, -0.05) is 0 Å². The van der Waals surface area contributed by atoms with Gasteiger partial charge in [0.25, 0.3) is 0 Å². The van der Waals surface area contributed by atoms with Crippen LogP contribution in [0.2, 0.25) is 0 Å². The van der Waals surface area contributed by atoms with Crippen molar-refractivity contribution in [2.24, 2.45) is 0 Å². The predicted molar refractivity (Wildman–Crippen MR) is 48.0 cm³/mol. The number of nitrogens with one attached hydrogen (secondary N) is 1. The van der Waals surface area contributed by atoms with Gasteiger partial charge in [-0.05, 0) is 6.07 Å². The Bertz CT molecular complexity index is 512. The lowest BCUT2D eigenvalue weighted by atomic mass is 10.1. The molecule has 0 fully saturated rings. The lowest BCUT2D eigenvalue weighted by molar-refractivity contribution is -0.167. The molecule has 0 atom stereocenters. The first-order valence-corrected chi connectivity index (χ1v) is 4.23. The summed E-state index contributed by atoms with van der Waals surface area (Å²) in [5.41, 5.74) is -1.98. The predicted octanol–water partition coefficient (Wildman–Crippen LogP) is 2.16. The van der Waals surface area contributed by atoms with E-state index in [0.29, 0.717) is 0 Å². The Labute approximate surface area is 96.0 Å². The molecule has 1 aromatic rings. The quantitative estimate of drug-likeness (QED) is 0.808. The Balaban J connectivity index is 3.20. The molecule has 9 heteroatoms. The second kappa shape index (κ2) is 4.59. The van der Waals surface area contributed by atoms with Gasteiger partial charge in [0.1, 0.15) is 0 Å². The minimum Gasteiger partial charge on any atom is -0.478 e. The number of amides is 1. The highest BCUT2D eigenvalue weighted by Gasteiger charge is 2.39. The summed E-state index contributed by atoms with van der Waals surface area (Å²) in [7, 11) is 0. The zero-order valence-electron chi connectivity index (χ0n) is 8.31. The molecule has 2 N–H and O–H groups in total. The number of halogens is 5. The number of carboxylic acid groups (broad SMARTS) is 1. The molecule has 0 heterocycles. The van der Waals surface area contributed by atoms with E-state index in [1.807, 2.05) is 0 Å². The van der Waals surface area contributed by atoms with Gasteiger partial charge in [-0.3, -0.25) is 4.79 Å². The molecule has 0 bridgehead atoms. The highest BCUT2D eigenvalue weighted by atomic mass is 19.4.